The summed E-state index contributed by atoms with van der Waals surface area (Å²) in [4.78, 5) is 17.1. The highest BCUT2D eigenvalue weighted by Gasteiger charge is 2.17. The molecule has 3 heterocycles. The van der Waals surface area contributed by atoms with Crippen molar-refractivity contribution in [2.45, 2.75) is 13.0 Å². The molecule has 0 radical (unpaired) electrons. The molecule has 0 amide bonds. The second kappa shape index (κ2) is 7.69. The van der Waals surface area contributed by atoms with Gasteiger partial charge in [-0.15, -0.1) is 11.3 Å². The molecule has 2 aromatic heterocycles. The number of furan rings is 1. The van der Waals surface area contributed by atoms with Crippen LogP contribution in [0.4, 0.5) is 0 Å². The van der Waals surface area contributed by atoms with E-state index < -0.39 is 0 Å². The number of rotatable bonds is 5. The van der Waals surface area contributed by atoms with Gasteiger partial charge in [0.1, 0.15) is 17.2 Å². The van der Waals surface area contributed by atoms with Crippen LogP contribution < -0.4 is 9.47 Å². The first-order valence-electron chi connectivity index (χ1n) is 10.1. The number of carbonyl (C=O) groups excluding carboxylic acids is 1. The number of carbonyl (C=O) groups is 1. The zero-order valence-electron chi connectivity index (χ0n) is 16.9. The minimum absolute atomic E-state index is 0.121. The van der Waals surface area contributed by atoms with Gasteiger partial charge in [0.15, 0.2) is 11.5 Å². The molecular formula is C25H17NO5S. The summed E-state index contributed by atoms with van der Waals surface area (Å²) in [5.41, 5.74) is 3.23. The maximum absolute atomic E-state index is 12.5. The second-order valence-corrected chi connectivity index (χ2v) is 8.33. The molecule has 1 aliphatic rings. The van der Waals surface area contributed by atoms with E-state index in [0.717, 1.165) is 43.6 Å². The van der Waals surface area contributed by atoms with E-state index in [1.165, 1.54) is 11.3 Å². The van der Waals surface area contributed by atoms with E-state index in [1.807, 2.05) is 60.0 Å². The number of aromatic nitrogens is 1. The number of esters is 1. The molecule has 0 N–H and O–H groups in total. The first-order valence-corrected chi connectivity index (χ1v) is 11.0. The first-order chi connectivity index (χ1) is 15.7. The summed E-state index contributed by atoms with van der Waals surface area (Å²) in [5.74, 6) is 1.13. The van der Waals surface area contributed by atoms with Crippen LogP contribution in [0.2, 0.25) is 0 Å². The average Bonchev–Trinajstić information content (AvgIpc) is 3.57. The fraction of sp³-hybridized carbons (Fsp3) is 0.120. The largest absolute Gasteiger partial charge is 0.464 e. The molecule has 158 valence electrons. The Labute approximate surface area is 187 Å². The van der Waals surface area contributed by atoms with Crippen LogP contribution in [0.1, 0.15) is 11.3 Å². The third-order valence-corrected chi connectivity index (χ3v) is 6.37. The van der Waals surface area contributed by atoms with Crippen molar-refractivity contribution in [1.29, 1.82) is 0 Å². The third kappa shape index (κ3) is 3.36. The zero-order valence-corrected chi connectivity index (χ0v) is 17.7. The van der Waals surface area contributed by atoms with Crippen molar-refractivity contribution in [2.75, 3.05) is 6.79 Å². The van der Waals surface area contributed by atoms with E-state index in [0.29, 0.717) is 11.4 Å². The third-order valence-electron chi connectivity index (χ3n) is 5.43. The molecule has 0 aliphatic carbocycles. The minimum Gasteiger partial charge on any atom is -0.464 e. The molecule has 0 bridgehead atoms. The monoisotopic (exact) mass is 443 g/mol. The standard InChI is InChI=1S/C25H17NO5S/c27-23(10-17-11-28-21-8-5-15-3-1-2-4-19(15)24(17)21)29-12-18-13-32-25(26-18)16-6-7-20-22(9-16)31-14-30-20/h1-9,11,13H,10,12,14H2. The molecule has 0 saturated carbocycles. The van der Waals surface area contributed by atoms with Gasteiger partial charge < -0.3 is 18.6 Å². The van der Waals surface area contributed by atoms with Crippen molar-refractivity contribution in [3.05, 3.63) is 77.5 Å². The number of benzene rings is 3. The number of nitrogens with zero attached hydrogens (tertiary/aromatic N) is 1. The molecule has 1 aliphatic heterocycles. The quantitative estimate of drug-likeness (QED) is 0.323. The Kier molecular flexibility index (Phi) is 4.54. The predicted octanol–water partition coefficient (Wildman–Crippen LogP) is 5.72. The highest BCUT2D eigenvalue weighted by molar-refractivity contribution is 7.13. The average molecular weight is 443 g/mol. The molecule has 32 heavy (non-hydrogen) atoms. The van der Waals surface area contributed by atoms with Crippen LogP contribution >= 0.6 is 11.3 Å². The Morgan fingerprint density at radius 3 is 2.94 bits per heavy atom. The van der Waals surface area contributed by atoms with Gasteiger partial charge in [-0.1, -0.05) is 30.3 Å². The van der Waals surface area contributed by atoms with E-state index in [1.54, 1.807) is 6.26 Å². The van der Waals surface area contributed by atoms with Crippen LogP contribution in [0, 0.1) is 0 Å². The minimum atomic E-state index is -0.321. The lowest BCUT2D eigenvalue weighted by Crippen LogP contribution is -2.08. The molecule has 0 unspecified atom stereocenters. The van der Waals surface area contributed by atoms with Gasteiger partial charge >= 0.3 is 5.97 Å². The molecule has 6 rings (SSSR count). The fourth-order valence-electron chi connectivity index (χ4n) is 3.90. The van der Waals surface area contributed by atoms with Crippen molar-refractivity contribution < 1.29 is 23.4 Å². The number of fused-ring (bicyclic) bond motifs is 4. The van der Waals surface area contributed by atoms with E-state index in [2.05, 4.69) is 4.98 Å². The Morgan fingerprint density at radius 2 is 1.97 bits per heavy atom. The molecule has 0 atom stereocenters. The predicted molar refractivity (Wildman–Crippen MR) is 121 cm³/mol. The maximum atomic E-state index is 12.5. The van der Waals surface area contributed by atoms with Gasteiger partial charge in [0, 0.05) is 21.9 Å². The lowest BCUT2D eigenvalue weighted by molar-refractivity contribution is -0.144. The van der Waals surface area contributed by atoms with Crippen molar-refractivity contribution >= 4 is 39.0 Å². The van der Waals surface area contributed by atoms with Gasteiger partial charge in [0.05, 0.1) is 18.4 Å². The summed E-state index contributed by atoms with van der Waals surface area (Å²) in [6.07, 6.45) is 1.78. The smallest absolute Gasteiger partial charge is 0.310 e. The molecule has 5 aromatic rings. The number of thiazole rings is 1. The molecular weight excluding hydrogens is 426 g/mol. The number of hydrogen-bond donors (Lipinski definition) is 0. The lowest BCUT2D eigenvalue weighted by Gasteiger charge is -2.04. The normalized spacial score (nSPS) is 12.5. The van der Waals surface area contributed by atoms with Crippen molar-refractivity contribution in [1.82, 2.24) is 4.98 Å². The van der Waals surface area contributed by atoms with E-state index >= 15 is 0 Å². The van der Waals surface area contributed by atoms with Crippen LogP contribution in [0.15, 0.2) is 70.7 Å². The van der Waals surface area contributed by atoms with Crippen molar-refractivity contribution in [3.63, 3.8) is 0 Å². The summed E-state index contributed by atoms with van der Waals surface area (Å²) in [5, 5.41) is 5.86. The summed E-state index contributed by atoms with van der Waals surface area (Å²) < 4.78 is 22.0. The Hall–Kier alpha value is -3.84. The molecule has 7 heteroatoms. The highest BCUT2D eigenvalue weighted by atomic mass is 32.1. The van der Waals surface area contributed by atoms with Gasteiger partial charge in [-0.2, -0.15) is 0 Å². The van der Waals surface area contributed by atoms with Crippen LogP contribution in [0.25, 0.3) is 32.3 Å². The molecule has 0 saturated heterocycles. The van der Waals surface area contributed by atoms with Crippen molar-refractivity contribution in [2.24, 2.45) is 0 Å². The SMILES string of the molecule is O=C(Cc1coc2ccc3ccccc3c12)OCc1csc(-c2ccc3c(c2)OCO3)n1. The Balaban J connectivity index is 1.16. The van der Waals surface area contributed by atoms with Crippen LogP contribution in [0.5, 0.6) is 11.5 Å². The van der Waals surface area contributed by atoms with Gasteiger partial charge in [0.2, 0.25) is 6.79 Å². The zero-order chi connectivity index (χ0) is 21.5. The van der Waals surface area contributed by atoms with Gasteiger partial charge in [-0.3, -0.25) is 4.79 Å². The summed E-state index contributed by atoms with van der Waals surface area (Å²) in [7, 11) is 0. The first kappa shape index (κ1) is 18.9. The van der Waals surface area contributed by atoms with Crippen molar-refractivity contribution in [3.8, 4) is 22.1 Å². The van der Waals surface area contributed by atoms with Gasteiger partial charge in [-0.25, -0.2) is 4.98 Å². The molecule has 6 nitrogen and oxygen atoms in total. The Morgan fingerprint density at radius 1 is 1.06 bits per heavy atom. The Bertz CT molecular complexity index is 1470. The maximum Gasteiger partial charge on any atom is 0.310 e. The molecule has 0 fully saturated rings. The second-order valence-electron chi connectivity index (χ2n) is 7.47. The van der Waals surface area contributed by atoms with Crippen LogP contribution in [-0.2, 0) is 22.6 Å². The van der Waals surface area contributed by atoms with E-state index in [-0.39, 0.29) is 25.8 Å². The number of hydrogen-bond acceptors (Lipinski definition) is 7. The molecule has 3 aromatic carbocycles. The number of ether oxygens (including phenoxy) is 3. The van der Waals surface area contributed by atoms with Gasteiger partial charge in [0.25, 0.3) is 0 Å². The fourth-order valence-corrected chi connectivity index (χ4v) is 4.70. The summed E-state index contributed by atoms with van der Waals surface area (Å²) in [6.45, 7) is 0.357. The van der Waals surface area contributed by atoms with Gasteiger partial charge in [-0.05, 0) is 35.0 Å². The van der Waals surface area contributed by atoms with Crippen LogP contribution in [-0.4, -0.2) is 17.7 Å². The molecule has 0 spiro atoms. The summed E-state index contributed by atoms with van der Waals surface area (Å²) >= 11 is 1.49. The van der Waals surface area contributed by atoms with E-state index in [4.69, 9.17) is 18.6 Å². The topological polar surface area (TPSA) is 70.8 Å². The van der Waals surface area contributed by atoms with Crippen LogP contribution in [0.3, 0.4) is 0 Å². The highest BCUT2D eigenvalue weighted by Crippen LogP contribution is 2.37. The van der Waals surface area contributed by atoms with E-state index in [9.17, 15) is 4.79 Å². The lowest BCUT2D eigenvalue weighted by atomic mass is 10.0. The summed E-state index contributed by atoms with van der Waals surface area (Å²) in [6, 6.07) is 17.7.